The highest BCUT2D eigenvalue weighted by Crippen LogP contribution is 2.53. The molecule has 1 aliphatic rings. The van der Waals surface area contributed by atoms with Gasteiger partial charge in [-0.3, -0.25) is 0 Å². The van der Waals surface area contributed by atoms with E-state index in [0.717, 1.165) is 0 Å². The summed E-state index contributed by atoms with van der Waals surface area (Å²) in [6.45, 7) is 4.80. The predicted molar refractivity (Wildman–Crippen MR) is 210 cm³/mol. The van der Waals surface area contributed by atoms with Gasteiger partial charge in [-0.2, -0.15) is 0 Å². The third kappa shape index (κ3) is 4.38. The second-order valence-electron chi connectivity index (χ2n) is 14.2. The highest BCUT2D eigenvalue weighted by atomic mass is 14.4. The lowest BCUT2D eigenvalue weighted by molar-refractivity contribution is 0.672. The average Bonchev–Trinajstić information content (AvgIpc) is 3.40. The SMILES string of the molecule is CC1(C)c2c(ccc3ccccc23)-c2ccc3cc(-c4cccc(-c5ccc6cc(-c7ccc8ccccc8c7)ccc6c5)c4)ccc3c21. The molecule has 0 aromatic heterocycles. The molecule has 0 saturated carbocycles. The van der Waals surface area contributed by atoms with Crippen LogP contribution in [-0.2, 0) is 5.41 Å². The molecule has 49 heavy (non-hydrogen) atoms. The number of hydrogen-bond donors (Lipinski definition) is 0. The Morgan fingerprint density at radius 1 is 0.286 bits per heavy atom. The van der Waals surface area contributed by atoms with Gasteiger partial charge in [0.25, 0.3) is 0 Å². The largest absolute Gasteiger partial charge is 0.0616 e. The van der Waals surface area contributed by atoms with Crippen LogP contribution in [0.1, 0.15) is 25.0 Å². The monoisotopic (exact) mass is 622 g/mol. The molecule has 0 unspecified atom stereocenters. The molecule has 10 rings (SSSR count). The summed E-state index contributed by atoms with van der Waals surface area (Å²) in [5.74, 6) is 0. The van der Waals surface area contributed by atoms with Crippen LogP contribution in [0.2, 0.25) is 0 Å². The molecule has 0 amide bonds. The Morgan fingerprint density at radius 3 is 1.33 bits per heavy atom. The van der Waals surface area contributed by atoms with Gasteiger partial charge in [-0.15, -0.1) is 0 Å². The summed E-state index contributed by atoms with van der Waals surface area (Å²) in [5, 5.41) is 10.4. The van der Waals surface area contributed by atoms with E-state index in [-0.39, 0.29) is 5.41 Å². The topological polar surface area (TPSA) is 0 Å². The molecule has 0 nitrogen and oxygen atoms in total. The van der Waals surface area contributed by atoms with E-state index >= 15 is 0 Å². The van der Waals surface area contributed by atoms with Crippen molar-refractivity contribution in [2.24, 2.45) is 0 Å². The summed E-state index contributed by atoms with van der Waals surface area (Å²) in [5.41, 5.74) is 13.0. The number of hydrogen-bond acceptors (Lipinski definition) is 0. The highest BCUT2D eigenvalue weighted by Gasteiger charge is 2.38. The van der Waals surface area contributed by atoms with Gasteiger partial charge in [-0.05, 0) is 129 Å². The van der Waals surface area contributed by atoms with E-state index in [1.54, 1.807) is 0 Å². The molecule has 0 saturated heterocycles. The summed E-state index contributed by atoms with van der Waals surface area (Å²) < 4.78 is 0. The molecule has 9 aromatic carbocycles. The zero-order valence-electron chi connectivity index (χ0n) is 27.7. The molecule has 9 aromatic rings. The van der Waals surface area contributed by atoms with Gasteiger partial charge in [0, 0.05) is 5.41 Å². The molecule has 0 aliphatic heterocycles. The van der Waals surface area contributed by atoms with E-state index in [0.29, 0.717) is 0 Å². The van der Waals surface area contributed by atoms with Crippen molar-refractivity contribution in [1.29, 1.82) is 0 Å². The Morgan fingerprint density at radius 2 is 0.694 bits per heavy atom. The van der Waals surface area contributed by atoms with Crippen molar-refractivity contribution < 1.29 is 0 Å². The van der Waals surface area contributed by atoms with Crippen molar-refractivity contribution in [2.45, 2.75) is 19.3 Å². The Bertz CT molecular complexity index is 2800. The van der Waals surface area contributed by atoms with Gasteiger partial charge >= 0.3 is 0 Å². The van der Waals surface area contributed by atoms with Gasteiger partial charge in [-0.25, -0.2) is 0 Å². The molecule has 0 bridgehead atoms. The first-order chi connectivity index (χ1) is 24.0. The molecule has 0 atom stereocenters. The molecule has 1 aliphatic carbocycles. The van der Waals surface area contributed by atoms with Gasteiger partial charge in [0.1, 0.15) is 0 Å². The van der Waals surface area contributed by atoms with Crippen LogP contribution >= 0.6 is 0 Å². The van der Waals surface area contributed by atoms with E-state index in [1.165, 1.54) is 98.7 Å². The summed E-state index contributed by atoms with van der Waals surface area (Å²) >= 11 is 0. The highest BCUT2D eigenvalue weighted by molar-refractivity contribution is 6.04. The molecule has 0 heterocycles. The molecular formula is C49H34. The maximum Gasteiger partial charge on any atom is 0.0171 e. The van der Waals surface area contributed by atoms with Gasteiger partial charge in [0.15, 0.2) is 0 Å². The standard InChI is InChI=1S/C49H34/c1-49(2)47-43-13-6-5-9-32(43)20-24-45(47)46-25-22-42-30-41(21-23-44(42)48(46)49)35-12-7-11-34(27-35)36-16-17-40-29-39(19-18-38(40)28-36)37-15-14-31-8-3-4-10-33(31)26-37/h3-30H,1-2H3. The maximum absolute atomic E-state index is 2.40. The van der Waals surface area contributed by atoms with E-state index < -0.39 is 0 Å². The zero-order valence-corrected chi connectivity index (χ0v) is 27.7. The van der Waals surface area contributed by atoms with Crippen LogP contribution in [0, 0.1) is 0 Å². The minimum Gasteiger partial charge on any atom is -0.0616 e. The summed E-state index contributed by atoms with van der Waals surface area (Å²) in [7, 11) is 0. The summed E-state index contributed by atoms with van der Waals surface area (Å²) in [4.78, 5) is 0. The fraction of sp³-hybridized carbons (Fsp3) is 0.0612. The first-order valence-corrected chi connectivity index (χ1v) is 17.2. The predicted octanol–water partition coefficient (Wildman–Crippen LogP) is 13.6. The minimum absolute atomic E-state index is 0.0845. The summed E-state index contributed by atoms with van der Waals surface area (Å²) in [6.07, 6.45) is 0. The van der Waals surface area contributed by atoms with E-state index in [1.807, 2.05) is 0 Å². The van der Waals surface area contributed by atoms with Crippen LogP contribution in [0.25, 0.3) is 87.6 Å². The Kier molecular flexibility index (Phi) is 6.02. The normalized spacial score (nSPS) is 13.3. The summed E-state index contributed by atoms with van der Waals surface area (Å²) in [6, 6.07) is 63.1. The third-order valence-electron chi connectivity index (χ3n) is 10.9. The molecular weight excluding hydrogens is 589 g/mol. The van der Waals surface area contributed by atoms with Crippen molar-refractivity contribution in [3.8, 4) is 44.5 Å². The molecule has 0 heteroatoms. The fourth-order valence-corrected chi connectivity index (χ4v) is 8.55. The second kappa shape index (κ2) is 10.5. The number of benzene rings is 9. The van der Waals surface area contributed by atoms with Crippen molar-refractivity contribution in [1.82, 2.24) is 0 Å². The number of rotatable bonds is 3. The van der Waals surface area contributed by atoms with E-state index in [9.17, 15) is 0 Å². The quantitative estimate of drug-likeness (QED) is 0.184. The van der Waals surface area contributed by atoms with Crippen molar-refractivity contribution in [2.75, 3.05) is 0 Å². The average molecular weight is 623 g/mol. The molecule has 0 radical (unpaired) electrons. The Labute approximate surface area is 286 Å². The van der Waals surface area contributed by atoms with E-state index in [2.05, 4.69) is 184 Å². The Hall–Kier alpha value is -5.98. The van der Waals surface area contributed by atoms with E-state index in [4.69, 9.17) is 0 Å². The zero-order chi connectivity index (χ0) is 32.7. The molecule has 0 spiro atoms. The van der Waals surface area contributed by atoms with Gasteiger partial charge in [-0.1, -0.05) is 153 Å². The van der Waals surface area contributed by atoms with Crippen LogP contribution in [0.5, 0.6) is 0 Å². The first kappa shape index (κ1) is 28.1. The number of fused-ring (bicyclic) bond motifs is 9. The minimum atomic E-state index is -0.0845. The van der Waals surface area contributed by atoms with Gasteiger partial charge in [0.2, 0.25) is 0 Å². The lowest BCUT2D eigenvalue weighted by Crippen LogP contribution is -2.16. The van der Waals surface area contributed by atoms with Crippen molar-refractivity contribution >= 4 is 43.1 Å². The van der Waals surface area contributed by atoms with Crippen LogP contribution in [-0.4, -0.2) is 0 Å². The lowest BCUT2D eigenvalue weighted by atomic mass is 9.78. The van der Waals surface area contributed by atoms with Crippen LogP contribution in [0.3, 0.4) is 0 Å². The van der Waals surface area contributed by atoms with Crippen LogP contribution < -0.4 is 0 Å². The van der Waals surface area contributed by atoms with Gasteiger partial charge < -0.3 is 0 Å². The van der Waals surface area contributed by atoms with Crippen molar-refractivity contribution in [3.63, 3.8) is 0 Å². The Balaban J connectivity index is 0.997. The maximum atomic E-state index is 2.40. The third-order valence-corrected chi connectivity index (χ3v) is 10.9. The van der Waals surface area contributed by atoms with Crippen LogP contribution in [0.4, 0.5) is 0 Å². The lowest BCUT2D eigenvalue weighted by Gasteiger charge is -2.24. The smallest absolute Gasteiger partial charge is 0.0171 e. The van der Waals surface area contributed by atoms with Crippen molar-refractivity contribution in [3.05, 3.63) is 181 Å². The second-order valence-corrected chi connectivity index (χ2v) is 14.2. The molecule has 0 N–H and O–H groups in total. The fourth-order valence-electron chi connectivity index (χ4n) is 8.55. The first-order valence-electron chi connectivity index (χ1n) is 17.2. The molecule has 230 valence electrons. The molecule has 0 fully saturated rings. The van der Waals surface area contributed by atoms with Crippen LogP contribution in [0.15, 0.2) is 170 Å². The van der Waals surface area contributed by atoms with Gasteiger partial charge in [0.05, 0.1) is 0 Å².